The highest BCUT2D eigenvalue weighted by atomic mass is 127. The van der Waals surface area contributed by atoms with Crippen LogP contribution < -0.4 is 20.7 Å². The number of aliphatic imine (C=N–C) groups is 1. The maximum absolute atomic E-state index is 5.98. The van der Waals surface area contributed by atoms with Gasteiger partial charge in [0.15, 0.2) is 5.96 Å². The number of methoxy groups -OCH3 is 1. The third-order valence-corrected chi connectivity index (χ3v) is 4.49. The van der Waals surface area contributed by atoms with Crippen molar-refractivity contribution >= 4 is 41.6 Å². The van der Waals surface area contributed by atoms with Gasteiger partial charge in [0.05, 0.1) is 12.8 Å². The fourth-order valence-corrected chi connectivity index (χ4v) is 3.05. The molecule has 0 bridgehead atoms. The van der Waals surface area contributed by atoms with E-state index in [0.717, 1.165) is 56.5 Å². The number of nitrogens with one attached hydrogen (secondary N) is 1. The smallest absolute Gasteiger partial charge is 0.225 e. The Morgan fingerprint density at radius 2 is 1.86 bits per heavy atom. The third kappa shape index (κ3) is 6.48. The van der Waals surface area contributed by atoms with Crippen molar-refractivity contribution in [1.29, 1.82) is 0 Å². The van der Waals surface area contributed by atoms with Gasteiger partial charge in [-0.15, -0.1) is 24.0 Å². The Morgan fingerprint density at radius 3 is 2.57 bits per heavy atom. The van der Waals surface area contributed by atoms with E-state index in [0.29, 0.717) is 12.5 Å². The van der Waals surface area contributed by atoms with E-state index < -0.39 is 0 Å². The van der Waals surface area contributed by atoms with Gasteiger partial charge in [0.2, 0.25) is 5.95 Å². The molecular formula is C19H28IN7O. The Bertz CT molecular complexity index is 736. The Kier molecular flexibility index (Phi) is 9.21. The van der Waals surface area contributed by atoms with E-state index in [9.17, 15) is 0 Å². The van der Waals surface area contributed by atoms with Crippen molar-refractivity contribution < 1.29 is 4.74 Å². The maximum Gasteiger partial charge on any atom is 0.225 e. The molecule has 9 heteroatoms. The first kappa shape index (κ1) is 22.2. The molecule has 2 heterocycles. The molecule has 3 N–H and O–H groups in total. The van der Waals surface area contributed by atoms with Gasteiger partial charge < -0.3 is 20.7 Å². The average Bonchev–Trinajstić information content (AvgIpc) is 2.73. The summed E-state index contributed by atoms with van der Waals surface area (Å²) >= 11 is 0. The minimum absolute atomic E-state index is 0. The Balaban J connectivity index is 0.00000280. The highest BCUT2D eigenvalue weighted by Gasteiger charge is 2.18. The molecule has 1 aromatic heterocycles. The van der Waals surface area contributed by atoms with Gasteiger partial charge in [-0.1, -0.05) is 12.1 Å². The van der Waals surface area contributed by atoms with Gasteiger partial charge >= 0.3 is 0 Å². The van der Waals surface area contributed by atoms with Gasteiger partial charge in [0, 0.05) is 51.7 Å². The van der Waals surface area contributed by atoms with E-state index in [-0.39, 0.29) is 24.0 Å². The second-order valence-corrected chi connectivity index (χ2v) is 6.32. The zero-order valence-electron chi connectivity index (χ0n) is 16.1. The van der Waals surface area contributed by atoms with Crippen molar-refractivity contribution in [2.24, 2.45) is 10.7 Å². The van der Waals surface area contributed by atoms with Gasteiger partial charge in [-0.2, -0.15) is 0 Å². The van der Waals surface area contributed by atoms with E-state index in [1.165, 1.54) is 0 Å². The van der Waals surface area contributed by atoms with E-state index in [4.69, 9.17) is 10.5 Å². The lowest BCUT2D eigenvalue weighted by molar-refractivity contribution is 0.255. The van der Waals surface area contributed by atoms with Crippen molar-refractivity contribution in [3.8, 4) is 5.75 Å². The van der Waals surface area contributed by atoms with Crippen LogP contribution in [0, 0.1) is 0 Å². The summed E-state index contributed by atoms with van der Waals surface area (Å²) in [4.78, 5) is 17.7. The molecule has 0 radical (unpaired) electrons. The second kappa shape index (κ2) is 11.6. The zero-order chi connectivity index (χ0) is 18.9. The number of benzene rings is 1. The van der Waals surface area contributed by atoms with Crippen molar-refractivity contribution in [2.45, 2.75) is 6.42 Å². The summed E-state index contributed by atoms with van der Waals surface area (Å²) in [6.45, 7) is 5.62. The summed E-state index contributed by atoms with van der Waals surface area (Å²) in [5.41, 5.74) is 6.80. The van der Waals surface area contributed by atoms with Crippen LogP contribution in [0.2, 0.25) is 0 Å². The van der Waals surface area contributed by atoms with Crippen LogP contribution in [-0.4, -0.2) is 67.2 Å². The Morgan fingerprint density at radius 1 is 1.14 bits per heavy atom. The number of rotatable bonds is 7. The number of hydrogen-bond donors (Lipinski definition) is 2. The minimum atomic E-state index is 0. The Hall–Kier alpha value is -2.14. The maximum atomic E-state index is 5.98. The molecule has 1 aliphatic heterocycles. The molecule has 0 amide bonds. The zero-order valence-corrected chi connectivity index (χ0v) is 18.5. The number of piperazine rings is 1. The highest BCUT2D eigenvalue weighted by Crippen LogP contribution is 2.22. The van der Waals surface area contributed by atoms with Crippen LogP contribution in [0.1, 0.15) is 6.42 Å². The van der Waals surface area contributed by atoms with Gasteiger partial charge in [-0.25, -0.2) is 9.97 Å². The van der Waals surface area contributed by atoms with Crippen molar-refractivity contribution in [2.75, 3.05) is 56.6 Å². The van der Waals surface area contributed by atoms with Gasteiger partial charge in [-0.3, -0.25) is 9.89 Å². The lowest BCUT2D eigenvalue weighted by atomic mass is 10.3. The largest absolute Gasteiger partial charge is 0.495 e. The predicted molar refractivity (Wildman–Crippen MR) is 124 cm³/mol. The third-order valence-electron chi connectivity index (χ3n) is 4.49. The van der Waals surface area contributed by atoms with Gasteiger partial charge in [-0.05, 0) is 24.6 Å². The van der Waals surface area contributed by atoms with Crippen LogP contribution in [0.4, 0.5) is 11.6 Å². The second-order valence-electron chi connectivity index (χ2n) is 6.32. The molecule has 1 aromatic carbocycles. The van der Waals surface area contributed by atoms with Crippen molar-refractivity contribution in [3.63, 3.8) is 0 Å². The first-order valence-electron chi connectivity index (χ1n) is 9.20. The number of anilines is 2. The number of guanidine groups is 1. The molecule has 1 saturated heterocycles. The molecule has 0 atom stereocenters. The monoisotopic (exact) mass is 497 g/mol. The summed E-state index contributed by atoms with van der Waals surface area (Å²) in [5, 5.41) is 3.09. The number of ether oxygens (including phenoxy) is 1. The lowest BCUT2D eigenvalue weighted by Crippen LogP contribution is -2.47. The molecule has 0 unspecified atom stereocenters. The normalized spacial score (nSPS) is 15.0. The fourth-order valence-electron chi connectivity index (χ4n) is 3.05. The fraction of sp³-hybridized carbons (Fsp3) is 0.421. The molecule has 1 fully saturated rings. The van der Waals surface area contributed by atoms with E-state index in [1.54, 1.807) is 19.5 Å². The number of para-hydroxylation sites is 2. The van der Waals surface area contributed by atoms with Crippen LogP contribution in [0.25, 0.3) is 0 Å². The van der Waals surface area contributed by atoms with Crippen LogP contribution in [0.15, 0.2) is 47.7 Å². The summed E-state index contributed by atoms with van der Waals surface area (Å²) in [6, 6.07) is 9.49. The first-order valence-corrected chi connectivity index (χ1v) is 9.20. The average molecular weight is 497 g/mol. The number of halogens is 1. The molecule has 0 saturated carbocycles. The van der Waals surface area contributed by atoms with Gasteiger partial charge in [0.25, 0.3) is 0 Å². The number of hydrogen-bond acceptors (Lipinski definition) is 6. The van der Waals surface area contributed by atoms with Crippen molar-refractivity contribution in [1.82, 2.24) is 14.9 Å². The van der Waals surface area contributed by atoms with Gasteiger partial charge in [0.1, 0.15) is 5.75 Å². The van der Waals surface area contributed by atoms with Crippen LogP contribution >= 0.6 is 24.0 Å². The predicted octanol–water partition coefficient (Wildman–Crippen LogP) is 2.04. The van der Waals surface area contributed by atoms with E-state index >= 15 is 0 Å². The highest BCUT2D eigenvalue weighted by molar-refractivity contribution is 14.0. The molecular weight excluding hydrogens is 469 g/mol. The van der Waals surface area contributed by atoms with E-state index in [1.807, 2.05) is 30.3 Å². The Labute approximate surface area is 183 Å². The van der Waals surface area contributed by atoms with Crippen LogP contribution in [0.3, 0.4) is 0 Å². The summed E-state index contributed by atoms with van der Waals surface area (Å²) in [6.07, 6.45) is 4.54. The van der Waals surface area contributed by atoms with E-state index in [2.05, 4.69) is 30.1 Å². The molecule has 28 heavy (non-hydrogen) atoms. The number of nitrogens with two attached hydrogens (primary N) is 1. The lowest BCUT2D eigenvalue weighted by Gasteiger charge is -2.34. The molecule has 8 nitrogen and oxygen atoms in total. The molecule has 3 rings (SSSR count). The minimum Gasteiger partial charge on any atom is -0.495 e. The quantitative estimate of drug-likeness (QED) is 0.262. The first-order chi connectivity index (χ1) is 13.3. The van der Waals surface area contributed by atoms with Crippen molar-refractivity contribution in [3.05, 3.63) is 42.7 Å². The topological polar surface area (TPSA) is 91.9 Å². The van der Waals surface area contributed by atoms with Crippen LogP contribution in [0.5, 0.6) is 5.75 Å². The molecule has 0 spiro atoms. The molecule has 2 aromatic rings. The molecule has 0 aliphatic carbocycles. The van der Waals surface area contributed by atoms with Crippen LogP contribution in [-0.2, 0) is 0 Å². The number of nitrogens with zero attached hydrogens (tertiary/aromatic N) is 5. The number of aromatic nitrogens is 2. The molecule has 1 aliphatic rings. The molecule has 152 valence electrons. The summed E-state index contributed by atoms with van der Waals surface area (Å²) < 4.78 is 5.30. The standard InChI is InChI=1S/C19H27N7O.HI/c1-27-17-7-3-2-6-16(17)24-18(20)21-10-5-11-25-12-14-26(15-13-25)19-22-8-4-9-23-19;/h2-4,6-9H,5,10-15H2,1H3,(H3,20,21,24);1H. The summed E-state index contributed by atoms with van der Waals surface area (Å²) in [7, 11) is 1.64. The summed E-state index contributed by atoms with van der Waals surface area (Å²) in [5.74, 6) is 1.97. The SMILES string of the molecule is COc1ccccc1NC(N)=NCCCN1CCN(c2ncccn2)CC1.I.